The van der Waals surface area contributed by atoms with Gasteiger partial charge < -0.3 is 19.1 Å². The van der Waals surface area contributed by atoms with Gasteiger partial charge in [0.05, 0.1) is 47.7 Å². The van der Waals surface area contributed by atoms with Crippen LogP contribution in [0.2, 0.25) is 5.02 Å². The first-order valence-electron chi connectivity index (χ1n) is 13.9. The van der Waals surface area contributed by atoms with Crippen molar-refractivity contribution in [1.29, 1.82) is 0 Å². The lowest BCUT2D eigenvalue weighted by Crippen LogP contribution is -2.41. The molecule has 0 saturated carbocycles. The van der Waals surface area contributed by atoms with Crippen LogP contribution < -0.4 is 4.74 Å². The molecule has 0 radical (unpaired) electrons. The number of piperidine rings is 1. The van der Waals surface area contributed by atoms with E-state index in [-0.39, 0.29) is 41.3 Å². The van der Waals surface area contributed by atoms with E-state index in [1.165, 1.54) is 12.1 Å². The number of hydrogen-bond acceptors (Lipinski definition) is 7. The Morgan fingerprint density at radius 1 is 1.17 bits per heavy atom. The van der Waals surface area contributed by atoms with Gasteiger partial charge in [0, 0.05) is 29.2 Å². The molecule has 12 heteroatoms. The normalized spacial score (nSPS) is 20.9. The summed E-state index contributed by atoms with van der Waals surface area (Å²) in [6.45, 7) is 4.56. The molecule has 6 rings (SSSR count). The Hall–Kier alpha value is -3.67. The lowest BCUT2D eigenvalue weighted by Gasteiger charge is -2.37. The van der Waals surface area contributed by atoms with Gasteiger partial charge in [0.15, 0.2) is 5.82 Å². The Bertz CT molecular complexity index is 1630. The molecule has 2 aromatic heterocycles. The van der Waals surface area contributed by atoms with Crippen LogP contribution >= 0.6 is 11.6 Å². The number of rotatable bonds is 9. The number of aromatic carboxylic acids is 1. The van der Waals surface area contributed by atoms with Gasteiger partial charge in [0.25, 0.3) is 0 Å². The molecule has 0 bridgehead atoms. The first kappa shape index (κ1) is 28.4. The fraction of sp³-hybridized carbons (Fsp3) is 0.400. The Kier molecular flexibility index (Phi) is 8.06. The SMILES string of the molecule is C[C@H]1CC(c2nc(OCc3ccc(Cl)cc3F)ncc2F)CCN1Cc1nc2ccc(C(=O)O)cc2n1C[C@@H]1CCO1. The van der Waals surface area contributed by atoms with Crippen LogP contribution in [0.25, 0.3) is 11.0 Å². The smallest absolute Gasteiger partial charge is 0.335 e. The van der Waals surface area contributed by atoms with Crippen molar-refractivity contribution in [1.82, 2.24) is 24.4 Å². The van der Waals surface area contributed by atoms with Gasteiger partial charge in [-0.1, -0.05) is 17.7 Å². The summed E-state index contributed by atoms with van der Waals surface area (Å²) < 4.78 is 42.4. The number of fused-ring (bicyclic) bond motifs is 1. The van der Waals surface area contributed by atoms with Crippen molar-refractivity contribution >= 4 is 28.6 Å². The standard InChI is InChI=1S/C30H30ClF2N5O4/c1-17-10-18(28-24(33)13-34-30(36-28)42-16-20-2-4-21(31)12-23(20)32)6-8-37(17)15-27-35-25-5-3-19(29(39)40)11-26(25)38(27)14-22-7-9-41-22/h2-5,11-13,17-18,22H,6-10,14-16H2,1H3,(H,39,40)/t17-,18?,22-/m0/s1. The molecule has 2 aliphatic heterocycles. The van der Waals surface area contributed by atoms with Gasteiger partial charge >= 0.3 is 12.0 Å². The Balaban J connectivity index is 1.16. The molecule has 1 unspecified atom stereocenters. The molecule has 4 aromatic rings. The third-order valence-electron chi connectivity index (χ3n) is 8.12. The van der Waals surface area contributed by atoms with Crippen molar-refractivity contribution in [3.05, 3.63) is 81.9 Å². The van der Waals surface area contributed by atoms with E-state index in [0.29, 0.717) is 43.7 Å². The first-order chi connectivity index (χ1) is 20.2. The van der Waals surface area contributed by atoms with Crippen molar-refractivity contribution < 1.29 is 28.2 Å². The number of benzene rings is 2. The van der Waals surface area contributed by atoms with Crippen LogP contribution in [0.5, 0.6) is 6.01 Å². The molecule has 0 amide bonds. The molecule has 3 atom stereocenters. The minimum Gasteiger partial charge on any atom is -0.478 e. The average Bonchev–Trinajstić information content (AvgIpc) is 3.28. The van der Waals surface area contributed by atoms with Crippen molar-refractivity contribution in [2.45, 2.75) is 63.9 Å². The van der Waals surface area contributed by atoms with Crippen LogP contribution in [0.3, 0.4) is 0 Å². The lowest BCUT2D eigenvalue weighted by molar-refractivity contribution is -0.0592. The summed E-state index contributed by atoms with van der Waals surface area (Å²) in [6, 6.07) is 9.36. The minimum absolute atomic E-state index is 0.0107. The topological polar surface area (TPSA) is 103 Å². The van der Waals surface area contributed by atoms with Crippen molar-refractivity contribution in [3.63, 3.8) is 0 Å². The predicted molar refractivity (Wildman–Crippen MR) is 151 cm³/mol. The maximum Gasteiger partial charge on any atom is 0.335 e. The van der Waals surface area contributed by atoms with Gasteiger partial charge in [0.1, 0.15) is 18.2 Å². The monoisotopic (exact) mass is 597 g/mol. The van der Waals surface area contributed by atoms with Gasteiger partial charge in [-0.05, 0) is 63.1 Å². The van der Waals surface area contributed by atoms with Gasteiger partial charge in [-0.15, -0.1) is 0 Å². The molecule has 9 nitrogen and oxygen atoms in total. The molecule has 1 N–H and O–H groups in total. The van der Waals surface area contributed by atoms with E-state index >= 15 is 0 Å². The van der Waals surface area contributed by atoms with Gasteiger partial charge in [-0.3, -0.25) is 4.90 Å². The van der Waals surface area contributed by atoms with Crippen molar-refractivity contribution in [3.8, 4) is 6.01 Å². The van der Waals surface area contributed by atoms with Gasteiger partial charge in [-0.25, -0.2) is 23.5 Å². The number of hydrogen-bond donors (Lipinski definition) is 1. The van der Waals surface area contributed by atoms with E-state index in [0.717, 1.165) is 36.1 Å². The molecule has 2 aliphatic rings. The molecular weight excluding hydrogens is 568 g/mol. The van der Waals surface area contributed by atoms with E-state index in [1.807, 2.05) is 0 Å². The van der Waals surface area contributed by atoms with Crippen LogP contribution in [-0.2, 0) is 24.4 Å². The third-order valence-corrected chi connectivity index (χ3v) is 8.35. The van der Waals surface area contributed by atoms with Crippen LogP contribution in [0.4, 0.5) is 8.78 Å². The second-order valence-electron chi connectivity index (χ2n) is 10.9. The lowest BCUT2D eigenvalue weighted by atomic mass is 9.88. The van der Waals surface area contributed by atoms with E-state index in [2.05, 4.69) is 26.4 Å². The average molecular weight is 598 g/mol. The summed E-state index contributed by atoms with van der Waals surface area (Å²) in [4.78, 5) is 27.1. The van der Waals surface area contributed by atoms with Gasteiger partial charge in [0.2, 0.25) is 0 Å². The van der Waals surface area contributed by atoms with Crippen LogP contribution in [0.15, 0.2) is 42.6 Å². The fourth-order valence-electron chi connectivity index (χ4n) is 5.65. The zero-order valence-electron chi connectivity index (χ0n) is 23.0. The summed E-state index contributed by atoms with van der Waals surface area (Å²) in [6.07, 6.45) is 3.45. The highest BCUT2D eigenvalue weighted by atomic mass is 35.5. The summed E-state index contributed by atoms with van der Waals surface area (Å²) in [5.74, 6) is -1.28. The number of likely N-dealkylation sites (tertiary alicyclic amines) is 1. The largest absolute Gasteiger partial charge is 0.478 e. The molecule has 2 saturated heterocycles. The van der Waals surface area contributed by atoms with Gasteiger partial charge in [-0.2, -0.15) is 4.98 Å². The van der Waals surface area contributed by atoms with Crippen LogP contribution in [0, 0.1) is 11.6 Å². The van der Waals surface area contributed by atoms with E-state index in [1.54, 1.807) is 24.3 Å². The van der Waals surface area contributed by atoms with Crippen molar-refractivity contribution in [2.24, 2.45) is 0 Å². The number of carboxylic acid groups (broad SMARTS) is 1. The molecule has 2 fully saturated rings. The highest BCUT2D eigenvalue weighted by molar-refractivity contribution is 6.30. The molecule has 2 aromatic carbocycles. The summed E-state index contributed by atoms with van der Waals surface area (Å²) in [5, 5.41) is 9.80. The maximum absolute atomic E-state index is 14.9. The molecular formula is C30H30ClF2N5O4. The quantitative estimate of drug-likeness (QED) is 0.266. The second-order valence-corrected chi connectivity index (χ2v) is 11.3. The Labute approximate surface area is 246 Å². The Morgan fingerprint density at radius 2 is 2.00 bits per heavy atom. The predicted octanol–water partition coefficient (Wildman–Crippen LogP) is 5.59. The molecule has 0 spiro atoms. The highest BCUT2D eigenvalue weighted by Gasteiger charge is 2.31. The number of ether oxygens (including phenoxy) is 2. The zero-order valence-corrected chi connectivity index (χ0v) is 23.7. The third kappa shape index (κ3) is 5.95. The fourth-order valence-corrected chi connectivity index (χ4v) is 5.81. The summed E-state index contributed by atoms with van der Waals surface area (Å²) in [7, 11) is 0. The number of aromatic nitrogens is 4. The summed E-state index contributed by atoms with van der Waals surface area (Å²) in [5.41, 5.74) is 2.32. The van der Waals surface area contributed by atoms with E-state index in [9.17, 15) is 18.7 Å². The zero-order chi connectivity index (χ0) is 29.4. The molecule has 4 heterocycles. The van der Waals surface area contributed by atoms with E-state index < -0.39 is 17.6 Å². The molecule has 0 aliphatic carbocycles. The van der Waals surface area contributed by atoms with E-state index in [4.69, 9.17) is 26.1 Å². The number of halogens is 3. The van der Waals surface area contributed by atoms with Crippen LogP contribution in [0.1, 0.15) is 59.5 Å². The second kappa shape index (κ2) is 11.9. The maximum atomic E-state index is 14.9. The minimum atomic E-state index is -0.982. The number of imidazole rings is 1. The Morgan fingerprint density at radius 3 is 2.71 bits per heavy atom. The van der Waals surface area contributed by atoms with Crippen LogP contribution in [-0.4, -0.2) is 60.8 Å². The molecule has 42 heavy (non-hydrogen) atoms. The van der Waals surface area contributed by atoms with Crippen molar-refractivity contribution in [2.75, 3.05) is 13.2 Å². The number of carbonyl (C=O) groups is 1. The molecule has 220 valence electrons. The highest BCUT2D eigenvalue weighted by Crippen LogP contribution is 2.34. The number of nitrogens with zero attached hydrogens (tertiary/aromatic N) is 5. The number of carboxylic acids is 1. The first-order valence-corrected chi connectivity index (χ1v) is 14.3. The summed E-state index contributed by atoms with van der Waals surface area (Å²) >= 11 is 5.82.